The number of hydrogen-bond acceptors (Lipinski definition) is 7. The van der Waals surface area contributed by atoms with E-state index in [0.29, 0.717) is 47.7 Å². The van der Waals surface area contributed by atoms with Gasteiger partial charge in [0, 0.05) is 24.1 Å². The minimum Gasteiger partial charge on any atom is -0.481 e. The highest BCUT2D eigenvalue weighted by atomic mass is 32.2. The fraction of sp³-hybridized carbons (Fsp3) is 0.538. The van der Waals surface area contributed by atoms with Gasteiger partial charge in [-0.15, -0.1) is 11.3 Å². The van der Waals surface area contributed by atoms with Gasteiger partial charge in [0.2, 0.25) is 0 Å². The third-order valence-electron chi connectivity index (χ3n) is 7.29. The van der Waals surface area contributed by atoms with Gasteiger partial charge in [-0.25, -0.2) is 13.4 Å². The second-order valence-corrected chi connectivity index (χ2v) is 13.3. The number of thiazole rings is 1. The van der Waals surface area contributed by atoms with Crippen LogP contribution in [0.4, 0.5) is 0 Å². The van der Waals surface area contributed by atoms with E-state index in [4.69, 9.17) is 5.11 Å². The molecule has 35 heavy (non-hydrogen) atoms. The molecule has 7 nitrogen and oxygen atoms in total. The second-order valence-electron chi connectivity index (χ2n) is 10.2. The van der Waals surface area contributed by atoms with Gasteiger partial charge in [-0.3, -0.25) is 14.4 Å². The number of Topliss-reactive ketones (excluding diaryl/α,β-unsaturated/α-hetero) is 2. The normalized spacial score (nSPS) is 21.3. The Balaban J connectivity index is 1.44. The number of rotatable bonds is 11. The Bertz CT molecular complexity index is 1270. The van der Waals surface area contributed by atoms with Crippen molar-refractivity contribution in [2.45, 2.75) is 86.2 Å². The number of carbonyl (C=O) groups is 3. The Kier molecular flexibility index (Phi) is 6.65. The highest BCUT2D eigenvalue weighted by Crippen LogP contribution is 2.47. The molecule has 0 aliphatic heterocycles. The molecular formula is C26H29NO6S2. The van der Waals surface area contributed by atoms with E-state index < -0.39 is 21.7 Å². The summed E-state index contributed by atoms with van der Waals surface area (Å²) in [6, 6.07) is 5.42. The van der Waals surface area contributed by atoms with Gasteiger partial charge in [-0.2, -0.15) is 0 Å². The number of hydrogen-bond donors (Lipinski definition) is 1. The van der Waals surface area contributed by atoms with Crippen LogP contribution in [0.2, 0.25) is 0 Å². The first-order valence-electron chi connectivity index (χ1n) is 12.3. The van der Waals surface area contributed by atoms with Gasteiger partial charge < -0.3 is 5.11 Å². The summed E-state index contributed by atoms with van der Waals surface area (Å²) in [5, 5.41) is 11.0. The molecule has 3 aliphatic rings. The first kappa shape index (κ1) is 24.3. The van der Waals surface area contributed by atoms with E-state index in [2.05, 4.69) is 4.98 Å². The van der Waals surface area contributed by atoms with E-state index in [9.17, 15) is 22.8 Å². The maximum Gasteiger partial charge on any atom is 0.309 e. The van der Waals surface area contributed by atoms with Gasteiger partial charge in [0.25, 0.3) is 0 Å². The number of carboxylic acids is 1. The van der Waals surface area contributed by atoms with Crippen molar-refractivity contribution in [3.63, 3.8) is 0 Å². The molecule has 0 bridgehead atoms. The Morgan fingerprint density at radius 1 is 1.11 bits per heavy atom. The van der Waals surface area contributed by atoms with E-state index in [0.717, 1.165) is 30.4 Å². The molecule has 0 saturated heterocycles. The number of carbonyl (C=O) groups excluding carboxylic acids is 2. The average Bonchev–Trinajstić information content (AvgIpc) is 3.73. The molecule has 0 radical (unpaired) electrons. The number of aliphatic carboxylic acids is 1. The molecule has 2 atom stereocenters. The predicted octanol–water partition coefficient (Wildman–Crippen LogP) is 4.24. The summed E-state index contributed by atoms with van der Waals surface area (Å²) in [5.74, 6) is -0.864. The largest absolute Gasteiger partial charge is 0.481 e. The first-order valence-corrected chi connectivity index (χ1v) is 14.7. The van der Waals surface area contributed by atoms with Crippen molar-refractivity contribution in [3.05, 3.63) is 45.4 Å². The van der Waals surface area contributed by atoms with Crippen LogP contribution < -0.4 is 0 Å². The summed E-state index contributed by atoms with van der Waals surface area (Å²) in [7, 11) is -3.34. The maximum absolute atomic E-state index is 13.6. The molecule has 3 aliphatic carbocycles. The number of benzene rings is 1. The van der Waals surface area contributed by atoms with Crippen LogP contribution in [0.1, 0.15) is 85.0 Å². The lowest BCUT2D eigenvalue weighted by Crippen LogP contribution is -2.19. The Morgan fingerprint density at radius 3 is 2.51 bits per heavy atom. The molecule has 3 fully saturated rings. The molecule has 1 N–H and O–H groups in total. The van der Waals surface area contributed by atoms with Crippen LogP contribution in [-0.2, 0) is 37.1 Å². The summed E-state index contributed by atoms with van der Waals surface area (Å²) >= 11 is 1.28. The number of sulfone groups is 1. The average molecular weight is 516 g/mol. The van der Waals surface area contributed by atoms with Crippen molar-refractivity contribution >= 4 is 38.7 Å². The summed E-state index contributed by atoms with van der Waals surface area (Å²) in [6.07, 6.45) is 5.59. The molecule has 0 spiro atoms. The van der Waals surface area contributed by atoms with Crippen LogP contribution in [0.25, 0.3) is 0 Å². The fourth-order valence-corrected chi connectivity index (χ4v) is 7.86. The van der Waals surface area contributed by atoms with Crippen LogP contribution in [0.3, 0.4) is 0 Å². The molecule has 186 valence electrons. The molecule has 1 heterocycles. The summed E-state index contributed by atoms with van der Waals surface area (Å²) in [6.45, 7) is 0. The van der Waals surface area contributed by atoms with Crippen molar-refractivity contribution in [1.82, 2.24) is 4.98 Å². The molecule has 1 aromatic carbocycles. The minimum atomic E-state index is -3.34. The standard InChI is InChI=1S/C26H29NO6S2/c28-19-5-1-15(9-19)10-21(23(29)13-25-27-18(14-34-25)12-26(30)31)17-4-8-24(22(11-17)16-2-3-16)35(32,33)20-6-7-20/h4,8,11,14-16,20-21H,1-3,5-7,9-10,12-13H2,(H,30,31)/t15-,21+/m0/s1. The maximum atomic E-state index is 13.6. The Labute approximate surface area is 208 Å². The minimum absolute atomic E-state index is 0.0277. The lowest BCUT2D eigenvalue weighted by atomic mass is 9.83. The summed E-state index contributed by atoms with van der Waals surface area (Å²) in [5.41, 5.74) is 2.09. The van der Waals surface area contributed by atoms with E-state index in [1.165, 1.54) is 11.3 Å². The predicted molar refractivity (Wildman–Crippen MR) is 130 cm³/mol. The lowest BCUT2D eigenvalue weighted by Gasteiger charge is -2.21. The van der Waals surface area contributed by atoms with Crippen LogP contribution in [0.5, 0.6) is 0 Å². The SMILES string of the molecule is O=C(O)Cc1csc(CC(=O)[C@H](C[C@H]2CCC(=O)C2)c2ccc(S(=O)(=O)C3CC3)c(C3CC3)c2)n1. The van der Waals surface area contributed by atoms with Gasteiger partial charge in [0.05, 0.1) is 28.7 Å². The van der Waals surface area contributed by atoms with E-state index in [-0.39, 0.29) is 41.5 Å². The molecular weight excluding hydrogens is 486 g/mol. The number of ketones is 2. The highest BCUT2D eigenvalue weighted by molar-refractivity contribution is 7.92. The molecule has 0 unspecified atom stereocenters. The molecule has 9 heteroatoms. The highest BCUT2D eigenvalue weighted by Gasteiger charge is 2.41. The topological polar surface area (TPSA) is 118 Å². The molecule has 2 aromatic rings. The molecule has 5 rings (SSSR count). The number of aromatic nitrogens is 1. The zero-order chi connectivity index (χ0) is 24.7. The van der Waals surface area contributed by atoms with Crippen LogP contribution in [0.15, 0.2) is 28.5 Å². The van der Waals surface area contributed by atoms with Crippen LogP contribution in [0, 0.1) is 5.92 Å². The van der Waals surface area contributed by atoms with E-state index >= 15 is 0 Å². The van der Waals surface area contributed by atoms with Gasteiger partial charge in [-0.05, 0) is 67.6 Å². The summed E-state index contributed by atoms with van der Waals surface area (Å²) < 4.78 is 26.1. The van der Waals surface area contributed by atoms with Crippen molar-refractivity contribution in [1.29, 1.82) is 0 Å². The van der Waals surface area contributed by atoms with Gasteiger partial charge in [-0.1, -0.05) is 12.1 Å². The number of nitrogens with zero attached hydrogens (tertiary/aromatic N) is 1. The zero-order valence-corrected chi connectivity index (χ0v) is 21.1. The smallest absolute Gasteiger partial charge is 0.309 e. The van der Waals surface area contributed by atoms with Gasteiger partial charge in [0.1, 0.15) is 16.6 Å². The second kappa shape index (κ2) is 9.58. The van der Waals surface area contributed by atoms with Gasteiger partial charge >= 0.3 is 5.97 Å². The van der Waals surface area contributed by atoms with Crippen LogP contribution in [-0.4, -0.2) is 41.3 Å². The number of carboxylic acid groups (broad SMARTS) is 1. The monoisotopic (exact) mass is 515 g/mol. The first-order chi connectivity index (χ1) is 16.7. The lowest BCUT2D eigenvalue weighted by molar-refractivity contribution is -0.136. The molecule has 1 aromatic heterocycles. The summed E-state index contributed by atoms with van der Waals surface area (Å²) in [4.78, 5) is 41.2. The Morgan fingerprint density at radius 2 is 1.89 bits per heavy atom. The Hall–Kier alpha value is -2.39. The quantitative estimate of drug-likeness (QED) is 0.475. The molecule has 3 saturated carbocycles. The van der Waals surface area contributed by atoms with Crippen molar-refractivity contribution < 1.29 is 27.9 Å². The van der Waals surface area contributed by atoms with E-state index in [1.54, 1.807) is 17.5 Å². The molecule has 0 amide bonds. The van der Waals surface area contributed by atoms with Crippen molar-refractivity contribution in [2.24, 2.45) is 5.92 Å². The third-order valence-corrected chi connectivity index (χ3v) is 10.5. The fourth-order valence-electron chi connectivity index (χ4n) is 5.13. The zero-order valence-electron chi connectivity index (χ0n) is 19.4. The van der Waals surface area contributed by atoms with Crippen LogP contribution >= 0.6 is 11.3 Å². The van der Waals surface area contributed by atoms with Crippen molar-refractivity contribution in [2.75, 3.05) is 0 Å². The van der Waals surface area contributed by atoms with E-state index in [1.807, 2.05) is 6.07 Å². The third kappa shape index (κ3) is 5.56. The van der Waals surface area contributed by atoms with Gasteiger partial charge in [0.15, 0.2) is 9.84 Å². The van der Waals surface area contributed by atoms with Crippen molar-refractivity contribution in [3.8, 4) is 0 Å².